The second-order valence-electron chi connectivity index (χ2n) is 7.08. The van der Waals surface area contributed by atoms with Crippen molar-refractivity contribution >= 4 is 17.3 Å². The van der Waals surface area contributed by atoms with Crippen molar-refractivity contribution in [1.29, 1.82) is 0 Å². The van der Waals surface area contributed by atoms with Crippen LogP contribution in [0.2, 0.25) is 0 Å². The maximum absolute atomic E-state index is 5.43. The van der Waals surface area contributed by atoms with Gasteiger partial charge in [-0.05, 0) is 60.3 Å². The number of benzene rings is 2. The molecule has 1 aliphatic rings. The van der Waals surface area contributed by atoms with E-state index in [2.05, 4.69) is 55.7 Å². The van der Waals surface area contributed by atoms with Gasteiger partial charge in [-0.15, -0.1) is 0 Å². The summed E-state index contributed by atoms with van der Waals surface area (Å²) in [6, 6.07) is 14.8. The zero-order valence-electron chi connectivity index (χ0n) is 15.5. The number of thiocarbonyl (C=S) groups is 1. The van der Waals surface area contributed by atoms with Gasteiger partial charge in [0, 0.05) is 6.54 Å². The first-order valence-electron chi connectivity index (χ1n) is 9.03. The highest BCUT2D eigenvalue weighted by Crippen LogP contribution is 2.32. The Kier molecular flexibility index (Phi) is 5.99. The van der Waals surface area contributed by atoms with Gasteiger partial charge in [0.05, 0.1) is 6.04 Å². The van der Waals surface area contributed by atoms with Gasteiger partial charge in [0.25, 0.3) is 0 Å². The smallest absolute Gasteiger partial charge is 0.231 e. The van der Waals surface area contributed by atoms with E-state index in [1.807, 2.05) is 18.2 Å². The molecule has 0 amide bonds. The SMILES string of the molecule is CC(C)Cc1ccc([C@H](C)NC(=S)NCc2ccc3c(c2)OCO3)cc1. The summed E-state index contributed by atoms with van der Waals surface area (Å²) in [7, 11) is 0. The highest BCUT2D eigenvalue weighted by atomic mass is 32.1. The molecule has 1 heterocycles. The van der Waals surface area contributed by atoms with Gasteiger partial charge < -0.3 is 20.1 Å². The van der Waals surface area contributed by atoms with E-state index in [4.69, 9.17) is 21.7 Å². The zero-order chi connectivity index (χ0) is 18.5. The lowest BCUT2D eigenvalue weighted by molar-refractivity contribution is 0.174. The molecule has 0 bridgehead atoms. The van der Waals surface area contributed by atoms with E-state index < -0.39 is 0 Å². The van der Waals surface area contributed by atoms with Crippen LogP contribution in [-0.2, 0) is 13.0 Å². The van der Waals surface area contributed by atoms with Gasteiger partial charge in [-0.2, -0.15) is 0 Å². The Morgan fingerprint density at radius 1 is 1.00 bits per heavy atom. The minimum Gasteiger partial charge on any atom is -0.454 e. The number of hydrogen-bond donors (Lipinski definition) is 2. The molecule has 1 atom stereocenters. The Morgan fingerprint density at radius 2 is 1.69 bits per heavy atom. The molecule has 3 rings (SSSR count). The molecule has 0 aliphatic carbocycles. The Hall–Kier alpha value is -2.27. The molecule has 5 heteroatoms. The molecule has 4 nitrogen and oxygen atoms in total. The average Bonchev–Trinajstić information content (AvgIpc) is 3.07. The molecular formula is C21H26N2O2S. The van der Waals surface area contributed by atoms with Gasteiger partial charge in [-0.3, -0.25) is 0 Å². The number of rotatable bonds is 6. The van der Waals surface area contributed by atoms with Gasteiger partial charge in [-0.1, -0.05) is 44.2 Å². The van der Waals surface area contributed by atoms with Crippen LogP contribution in [0.15, 0.2) is 42.5 Å². The molecule has 0 saturated heterocycles. The summed E-state index contributed by atoms with van der Waals surface area (Å²) in [6.45, 7) is 7.53. The van der Waals surface area contributed by atoms with Crippen LogP contribution >= 0.6 is 12.2 Å². The van der Waals surface area contributed by atoms with E-state index in [9.17, 15) is 0 Å². The molecule has 1 aliphatic heterocycles. The molecule has 0 saturated carbocycles. The fraction of sp³-hybridized carbons (Fsp3) is 0.381. The minimum absolute atomic E-state index is 0.153. The van der Waals surface area contributed by atoms with Crippen LogP contribution in [0.25, 0.3) is 0 Å². The van der Waals surface area contributed by atoms with Crippen LogP contribution in [0.1, 0.15) is 43.5 Å². The molecule has 0 fully saturated rings. The topological polar surface area (TPSA) is 42.5 Å². The maximum Gasteiger partial charge on any atom is 0.231 e. The highest BCUT2D eigenvalue weighted by Gasteiger charge is 2.13. The standard InChI is InChI=1S/C21H26N2O2S/c1-14(2)10-16-4-7-18(8-5-16)15(3)23-21(26)22-12-17-6-9-19-20(11-17)25-13-24-19/h4-9,11,14-15H,10,12-13H2,1-3H3,(H2,22,23,26)/t15-/m0/s1. The average molecular weight is 371 g/mol. The number of ether oxygens (including phenoxy) is 2. The van der Waals surface area contributed by atoms with Gasteiger partial charge in [0.15, 0.2) is 16.6 Å². The molecule has 0 spiro atoms. The van der Waals surface area contributed by atoms with Crippen molar-refractivity contribution in [3.8, 4) is 11.5 Å². The molecule has 0 aromatic heterocycles. The lowest BCUT2D eigenvalue weighted by Crippen LogP contribution is -2.36. The van der Waals surface area contributed by atoms with E-state index in [-0.39, 0.29) is 6.04 Å². The van der Waals surface area contributed by atoms with Gasteiger partial charge in [0.1, 0.15) is 0 Å². The highest BCUT2D eigenvalue weighted by molar-refractivity contribution is 7.80. The maximum atomic E-state index is 5.43. The van der Waals surface area contributed by atoms with E-state index >= 15 is 0 Å². The first-order chi connectivity index (χ1) is 12.5. The normalized spacial score (nSPS) is 13.5. The number of nitrogens with one attached hydrogen (secondary N) is 2. The van der Waals surface area contributed by atoms with Crippen molar-refractivity contribution < 1.29 is 9.47 Å². The first kappa shape index (κ1) is 18.5. The Morgan fingerprint density at radius 3 is 2.42 bits per heavy atom. The van der Waals surface area contributed by atoms with Crippen LogP contribution in [0.5, 0.6) is 11.5 Å². The Bertz CT molecular complexity index is 759. The molecule has 0 radical (unpaired) electrons. The predicted octanol–water partition coefficient (Wildman–Crippen LogP) is 4.34. The van der Waals surface area contributed by atoms with Crippen LogP contribution in [0, 0.1) is 5.92 Å². The third-order valence-corrected chi connectivity index (χ3v) is 4.62. The summed E-state index contributed by atoms with van der Waals surface area (Å²) in [5.74, 6) is 2.26. The third-order valence-electron chi connectivity index (χ3n) is 4.36. The zero-order valence-corrected chi connectivity index (χ0v) is 16.4. The lowest BCUT2D eigenvalue weighted by Gasteiger charge is -2.18. The van der Waals surface area contributed by atoms with Crippen molar-refractivity contribution in [3.05, 3.63) is 59.2 Å². The Labute approximate surface area is 160 Å². The van der Waals surface area contributed by atoms with Crippen LogP contribution in [0.4, 0.5) is 0 Å². The van der Waals surface area contributed by atoms with Crippen molar-refractivity contribution in [2.45, 2.75) is 39.8 Å². The van der Waals surface area contributed by atoms with Gasteiger partial charge in [-0.25, -0.2) is 0 Å². The van der Waals surface area contributed by atoms with Crippen molar-refractivity contribution in [2.24, 2.45) is 5.92 Å². The Balaban J connectivity index is 1.49. The third kappa shape index (κ3) is 4.88. The predicted molar refractivity (Wildman–Crippen MR) is 109 cm³/mol. The van der Waals surface area contributed by atoms with E-state index in [0.717, 1.165) is 23.5 Å². The van der Waals surface area contributed by atoms with Crippen LogP contribution in [-0.4, -0.2) is 11.9 Å². The monoisotopic (exact) mass is 370 g/mol. The van der Waals surface area contributed by atoms with E-state index in [0.29, 0.717) is 24.4 Å². The molecule has 138 valence electrons. The second kappa shape index (κ2) is 8.41. The largest absolute Gasteiger partial charge is 0.454 e. The molecule has 2 aromatic carbocycles. The summed E-state index contributed by atoms with van der Waals surface area (Å²) >= 11 is 5.43. The van der Waals surface area contributed by atoms with Crippen LogP contribution < -0.4 is 20.1 Å². The fourth-order valence-corrected chi connectivity index (χ4v) is 3.23. The molecular weight excluding hydrogens is 344 g/mol. The fourth-order valence-electron chi connectivity index (χ4n) is 2.98. The number of hydrogen-bond acceptors (Lipinski definition) is 3. The van der Waals surface area contributed by atoms with E-state index in [1.165, 1.54) is 11.1 Å². The van der Waals surface area contributed by atoms with Crippen molar-refractivity contribution in [2.75, 3.05) is 6.79 Å². The summed E-state index contributed by atoms with van der Waals surface area (Å²) < 4.78 is 10.7. The molecule has 26 heavy (non-hydrogen) atoms. The summed E-state index contributed by atoms with van der Waals surface area (Å²) in [4.78, 5) is 0. The summed E-state index contributed by atoms with van der Waals surface area (Å²) in [6.07, 6.45) is 1.11. The van der Waals surface area contributed by atoms with Crippen molar-refractivity contribution in [1.82, 2.24) is 10.6 Å². The lowest BCUT2D eigenvalue weighted by atomic mass is 10.00. The van der Waals surface area contributed by atoms with Gasteiger partial charge in [0.2, 0.25) is 6.79 Å². The summed E-state index contributed by atoms with van der Waals surface area (Å²) in [5, 5.41) is 7.24. The minimum atomic E-state index is 0.153. The quantitative estimate of drug-likeness (QED) is 0.741. The second-order valence-corrected chi connectivity index (χ2v) is 7.48. The summed E-state index contributed by atoms with van der Waals surface area (Å²) in [5.41, 5.74) is 3.70. The van der Waals surface area contributed by atoms with E-state index in [1.54, 1.807) is 0 Å². The molecule has 2 aromatic rings. The first-order valence-corrected chi connectivity index (χ1v) is 9.44. The molecule has 2 N–H and O–H groups in total. The van der Waals surface area contributed by atoms with Crippen molar-refractivity contribution in [3.63, 3.8) is 0 Å². The number of fused-ring (bicyclic) bond motifs is 1. The molecule has 0 unspecified atom stereocenters. The van der Waals surface area contributed by atoms with Crippen LogP contribution in [0.3, 0.4) is 0 Å². The van der Waals surface area contributed by atoms with Gasteiger partial charge >= 0.3 is 0 Å².